The maximum absolute atomic E-state index is 13.2. The summed E-state index contributed by atoms with van der Waals surface area (Å²) in [7, 11) is 0. The van der Waals surface area contributed by atoms with Crippen molar-refractivity contribution in [1.29, 1.82) is 0 Å². The Labute approximate surface area is 202 Å². The van der Waals surface area contributed by atoms with Crippen molar-refractivity contribution < 1.29 is 29.3 Å². The van der Waals surface area contributed by atoms with Crippen molar-refractivity contribution in [2.24, 2.45) is 11.3 Å². The number of likely N-dealkylation sites (tertiary alicyclic amines) is 1. The summed E-state index contributed by atoms with van der Waals surface area (Å²) in [5.74, 6) is -1.19. The molecule has 182 valence electrons. The first kappa shape index (κ1) is 22.1. The van der Waals surface area contributed by atoms with Gasteiger partial charge in [0.2, 0.25) is 5.91 Å². The lowest BCUT2D eigenvalue weighted by Gasteiger charge is -2.26. The molecule has 35 heavy (non-hydrogen) atoms. The minimum atomic E-state index is -1.09. The molecule has 1 heterocycles. The van der Waals surface area contributed by atoms with E-state index in [1.165, 1.54) is 16.0 Å². The zero-order valence-electron chi connectivity index (χ0n) is 19.2. The average Bonchev–Trinajstić information content (AvgIpc) is 3.13. The highest BCUT2D eigenvalue weighted by Crippen LogP contribution is 2.64. The van der Waals surface area contributed by atoms with Gasteiger partial charge in [-0.05, 0) is 47.4 Å². The lowest BCUT2D eigenvalue weighted by Crippen LogP contribution is -2.45. The molecule has 0 spiro atoms. The largest absolute Gasteiger partial charge is 0.480 e. The first-order valence-corrected chi connectivity index (χ1v) is 12.2. The van der Waals surface area contributed by atoms with Gasteiger partial charge in [0.15, 0.2) is 0 Å². The summed E-state index contributed by atoms with van der Waals surface area (Å²) < 4.78 is 5.65. The van der Waals surface area contributed by atoms with Crippen LogP contribution in [-0.4, -0.2) is 64.4 Å². The number of hydrogen-bond acceptors (Lipinski definition) is 5. The van der Waals surface area contributed by atoms with Crippen LogP contribution in [-0.2, 0) is 14.3 Å². The van der Waals surface area contributed by atoms with Gasteiger partial charge in [-0.3, -0.25) is 4.79 Å². The quantitative estimate of drug-likeness (QED) is 0.611. The first-order chi connectivity index (χ1) is 16.9. The molecule has 6 rings (SSSR count). The van der Waals surface area contributed by atoms with Crippen molar-refractivity contribution in [3.63, 3.8) is 0 Å². The van der Waals surface area contributed by atoms with Crippen molar-refractivity contribution in [1.82, 2.24) is 10.2 Å². The Kier molecular flexibility index (Phi) is 5.11. The van der Waals surface area contributed by atoms with Gasteiger partial charge in [0.25, 0.3) is 0 Å². The summed E-state index contributed by atoms with van der Waals surface area (Å²) in [5, 5.41) is 22.3. The van der Waals surface area contributed by atoms with Gasteiger partial charge >= 0.3 is 12.1 Å². The molecule has 3 aliphatic carbocycles. The Bertz CT molecular complexity index is 1170. The van der Waals surface area contributed by atoms with Gasteiger partial charge in [-0.2, -0.15) is 0 Å². The molecule has 3 unspecified atom stereocenters. The number of aliphatic hydroxyl groups excluding tert-OH is 1. The average molecular weight is 477 g/mol. The van der Waals surface area contributed by atoms with Gasteiger partial charge in [-0.25, -0.2) is 9.59 Å². The fraction of sp³-hybridized carbons (Fsp3) is 0.444. The highest BCUT2D eigenvalue weighted by molar-refractivity contribution is 5.91. The Hall–Kier alpha value is -3.39. The second-order valence-corrected chi connectivity index (χ2v) is 10.4. The van der Waals surface area contributed by atoms with Crippen molar-refractivity contribution in [2.45, 2.75) is 49.8 Å². The zero-order valence-corrected chi connectivity index (χ0v) is 19.2. The molecule has 0 bridgehead atoms. The van der Waals surface area contributed by atoms with Gasteiger partial charge in [-0.1, -0.05) is 48.5 Å². The molecule has 1 aliphatic heterocycles. The number of nitrogens with one attached hydrogen (secondary N) is 1. The van der Waals surface area contributed by atoms with Crippen LogP contribution in [0, 0.1) is 11.3 Å². The molecule has 2 amide bonds. The number of fused-ring (bicyclic) bond motifs is 4. The van der Waals surface area contributed by atoms with E-state index in [1.54, 1.807) is 0 Å². The maximum atomic E-state index is 13.2. The number of rotatable bonds is 5. The van der Waals surface area contributed by atoms with Crippen LogP contribution in [0.25, 0.3) is 11.1 Å². The van der Waals surface area contributed by atoms with E-state index in [9.17, 15) is 24.6 Å². The van der Waals surface area contributed by atoms with Crippen molar-refractivity contribution in [3.05, 3.63) is 59.7 Å². The normalized spacial score (nSPS) is 30.4. The van der Waals surface area contributed by atoms with E-state index in [0.717, 1.165) is 11.1 Å². The molecule has 3 fully saturated rings. The number of aliphatic hydroxyl groups is 1. The zero-order chi connectivity index (χ0) is 24.3. The van der Waals surface area contributed by atoms with Gasteiger partial charge in [-0.15, -0.1) is 0 Å². The number of β-amino-alcohol motifs (C(OH)–C–C–N with tert-alkyl or cyclic N) is 1. The first-order valence-electron chi connectivity index (χ1n) is 12.2. The topological polar surface area (TPSA) is 116 Å². The monoisotopic (exact) mass is 476 g/mol. The molecule has 5 atom stereocenters. The number of hydrogen-bond donors (Lipinski definition) is 3. The van der Waals surface area contributed by atoms with Crippen molar-refractivity contribution in [2.75, 3.05) is 13.2 Å². The minimum absolute atomic E-state index is 0.0207. The number of amides is 2. The molecule has 1 saturated heterocycles. The Morgan fingerprint density at radius 2 is 1.66 bits per heavy atom. The SMILES string of the molecule is O=C(NC1CC2CC2(C(=O)N2C[C@@H](O)C[C@H]2C(=O)O)C1)OCC1c2ccccc2-c2ccccc21. The van der Waals surface area contributed by atoms with Crippen LogP contribution < -0.4 is 5.32 Å². The number of carboxylic acid groups (broad SMARTS) is 1. The van der Waals surface area contributed by atoms with Crippen molar-refractivity contribution >= 4 is 18.0 Å². The van der Waals surface area contributed by atoms with E-state index >= 15 is 0 Å². The van der Waals surface area contributed by atoms with Crippen LogP contribution in [0.5, 0.6) is 0 Å². The van der Waals surface area contributed by atoms with Crippen LogP contribution in [0.2, 0.25) is 0 Å². The van der Waals surface area contributed by atoms with Crippen LogP contribution >= 0.6 is 0 Å². The molecule has 3 N–H and O–H groups in total. The third kappa shape index (κ3) is 3.58. The molecule has 8 nitrogen and oxygen atoms in total. The highest BCUT2D eigenvalue weighted by Gasteiger charge is 2.67. The molecule has 4 aliphatic rings. The van der Waals surface area contributed by atoms with Crippen LogP contribution in [0.1, 0.15) is 42.7 Å². The van der Waals surface area contributed by atoms with E-state index in [4.69, 9.17) is 4.74 Å². The molecule has 0 radical (unpaired) electrons. The molecular weight excluding hydrogens is 448 g/mol. The fourth-order valence-corrected chi connectivity index (χ4v) is 6.63. The van der Waals surface area contributed by atoms with Gasteiger partial charge in [0.1, 0.15) is 12.6 Å². The summed E-state index contributed by atoms with van der Waals surface area (Å²) in [6.07, 6.45) is 0.589. The van der Waals surface area contributed by atoms with Crippen molar-refractivity contribution in [3.8, 4) is 11.1 Å². The molecule has 2 aromatic carbocycles. The lowest BCUT2D eigenvalue weighted by atomic mass is 9.98. The number of carboxylic acids is 1. The highest BCUT2D eigenvalue weighted by atomic mass is 16.5. The second-order valence-electron chi connectivity index (χ2n) is 10.4. The number of alkyl carbamates (subject to hydrolysis) is 1. The molecule has 0 aromatic heterocycles. The number of ether oxygens (including phenoxy) is 1. The maximum Gasteiger partial charge on any atom is 0.407 e. The number of carbonyl (C=O) groups is 3. The number of nitrogens with zero attached hydrogens (tertiary/aromatic N) is 1. The summed E-state index contributed by atoms with van der Waals surface area (Å²) in [4.78, 5) is 38.8. The number of aliphatic carboxylic acids is 1. The van der Waals surface area contributed by atoms with E-state index in [0.29, 0.717) is 19.3 Å². The third-order valence-corrected chi connectivity index (χ3v) is 8.33. The van der Waals surface area contributed by atoms with Crippen LogP contribution in [0.15, 0.2) is 48.5 Å². The van der Waals surface area contributed by atoms with Gasteiger partial charge in [0, 0.05) is 24.9 Å². The summed E-state index contributed by atoms with van der Waals surface area (Å²) in [5.41, 5.74) is 4.00. The van der Waals surface area contributed by atoms with Gasteiger partial charge in [0.05, 0.1) is 11.5 Å². The predicted octanol–water partition coefficient (Wildman–Crippen LogP) is 2.74. The summed E-state index contributed by atoms with van der Waals surface area (Å²) in [6.45, 7) is 0.279. The Balaban J connectivity index is 1.08. The molecular formula is C27H28N2O6. The summed E-state index contributed by atoms with van der Waals surface area (Å²) >= 11 is 0. The minimum Gasteiger partial charge on any atom is -0.480 e. The molecule has 2 saturated carbocycles. The van der Waals surface area contributed by atoms with E-state index in [1.807, 2.05) is 24.3 Å². The fourth-order valence-electron chi connectivity index (χ4n) is 6.63. The third-order valence-electron chi connectivity index (χ3n) is 8.33. The standard InChI is InChI=1S/C27H28N2O6/c30-17-10-23(24(31)32)29(13-17)25(33)27-11-15(27)9-16(12-27)28-26(34)35-14-22-20-7-3-1-5-18(20)19-6-2-4-8-21(19)22/h1-8,15-17,22-23,30H,9-14H2,(H,28,34)(H,31,32)/t15?,16?,17-,23-,27?/m0/s1. The number of carbonyl (C=O) groups excluding carboxylic acids is 2. The Morgan fingerprint density at radius 3 is 2.31 bits per heavy atom. The number of benzene rings is 2. The lowest BCUT2D eigenvalue weighted by molar-refractivity contribution is -0.150. The smallest absolute Gasteiger partial charge is 0.407 e. The van der Waals surface area contributed by atoms with Crippen LogP contribution in [0.4, 0.5) is 4.79 Å². The van der Waals surface area contributed by atoms with E-state index in [-0.39, 0.29) is 43.4 Å². The summed E-state index contributed by atoms with van der Waals surface area (Å²) in [6, 6.07) is 15.1. The van der Waals surface area contributed by atoms with E-state index < -0.39 is 29.6 Å². The van der Waals surface area contributed by atoms with Gasteiger partial charge < -0.3 is 25.2 Å². The second kappa shape index (κ2) is 8.09. The van der Waals surface area contributed by atoms with E-state index in [2.05, 4.69) is 29.6 Å². The predicted molar refractivity (Wildman–Crippen MR) is 126 cm³/mol. The Morgan fingerprint density at radius 1 is 1.00 bits per heavy atom. The molecule has 2 aromatic rings. The van der Waals surface area contributed by atoms with Crippen LogP contribution in [0.3, 0.4) is 0 Å². The molecule has 8 heteroatoms.